The molecule has 1 aliphatic heterocycles. The van der Waals surface area contributed by atoms with Crippen LogP contribution >= 0.6 is 11.8 Å². The van der Waals surface area contributed by atoms with Crippen LogP contribution < -0.4 is 21.9 Å². The SMILES string of the molecule is Cc1ccc(NC(=O)C[C@@H]2SC(=N[C@H](c3ccc(F)cc3)c3c(O)[nH]c(=O)[nH]c3=O)NC2=O)c(C)c1. The average Bonchev–Trinajstić information content (AvgIpc) is 3.13. The Kier molecular flexibility index (Phi) is 7.06. The number of aromatic hydroxyl groups is 1. The van der Waals surface area contributed by atoms with Gasteiger partial charge in [0.1, 0.15) is 22.7 Å². The van der Waals surface area contributed by atoms with Crippen molar-refractivity contribution in [3.63, 3.8) is 0 Å². The molecule has 1 aliphatic rings. The summed E-state index contributed by atoms with van der Waals surface area (Å²) in [6.07, 6.45) is -0.130. The first-order valence-corrected chi connectivity index (χ1v) is 11.7. The van der Waals surface area contributed by atoms with E-state index < -0.39 is 40.1 Å². The maximum absolute atomic E-state index is 13.5. The van der Waals surface area contributed by atoms with Gasteiger partial charge in [-0.2, -0.15) is 0 Å². The van der Waals surface area contributed by atoms with Crippen LogP contribution in [0.3, 0.4) is 0 Å². The first-order valence-electron chi connectivity index (χ1n) is 10.8. The smallest absolute Gasteiger partial charge is 0.328 e. The lowest BCUT2D eigenvalue weighted by Gasteiger charge is -2.14. The van der Waals surface area contributed by atoms with Crippen molar-refractivity contribution < 1.29 is 19.1 Å². The molecule has 0 radical (unpaired) electrons. The normalized spacial score (nSPS) is 17.1. The number of benzene rings is 2. The fourth-order valence-electron chi connectivity index (χ4n) is 3.73. The number of aromatic nitrogens is 2. The van der Waals surface area contributed by atoms with Crippen LogP contribution in [0.4, 0.5) is 10.1 Å². The molecule has 36 heavy (non-hydrogen) atoms. The third-order valence-corrected chi connectivity index (χ3v) is 6.56. The van der Waals surface area contributed by atoms with Gasteiger partial charge in [-0.3, -0.25) is 24.4 Å². The van der Waals surface area contributed by atoms with Crippen molar-refractivity contribution >= 4 is 34.4 Å². The minimum absolute atomic E-state index is 0.101. The molecule has 1 saturated heterocycles. The lowest BCUT2D eigenvalue weighted by atomic mass is 10.0. The Morgan fingerprint density at radius 2 is 1.86 bits per heavy atom. The van der Waals surface area contributed by atoms with Crippen molar-refractivity contribution in [2.45, 2.75) is 31.6 Å². The van der Waals surface area contributed by atoms with Crippen molar-refractivity contribution in [2.24, 2.45) is 4.99 Å². The number of halogens is 1. The Labute approximate surface area is 208 Å². The highest BCUT2D eigenvalue weighted by atomic mass is 32.2. The molecule has 12 heteroatoms. The number of carbonyl (C=O) groups excluding carboxylic acids is 2. The number of carbonyl (C=O) groups is 2. The molecule has 0 saturated carbocycles. The van der Waals surface area contributed by atoms with Crippen LogP contribution in [0.5, 0.6) is 5.88 Å². The molecule has 2 atom stereocenters. The average molecular weight is 512 g/mol. The Balaban J connectivity index is 1.58. The van der Waals surface area contributed by atoms with E-state index in [0.717, 1.165) is 35.0 Å². The number of amides is 2. The van der Waals surface area contributed by atoms with Crippen LogP contribution in [0.2, 0.25) is 0 Å². The van der Waals surface area contributed by atoms with Crippen LogP contribution in [0.1, 0.15) is 34.7 Å². The van der Waals surface area contributed by atoms with Gasteiger partial charge in [0.15, 0.2) is 5.17 Å². The molecule has 10 nitrogen and oxygen atoms in total. The maximum atomic E-state index is 13.5. The number of hydrogen-bond donors (Lipinski definition) is 5. The number of aromatic amines is 2. The summed E-state index contributed by atoms with van der Waals surface area (Å²) in [5.41, 5.74) is 0.815. The Morgan fingerprint density at radius 3 is 2.53 bits per heavy atom. The molecule has 3 aromatic rings. The second-order valence-electron chi connectivity index (χ2n) is 8.23. The Hall–Kier alpha value is -4.19. The zero-order valence-electron chi connectivity index (χ0n) is 19.2. The van der Waals surface area contributed by atoms with E-state index in [-0.39, 0.29) is 23.1 Å². The summed E-state index contributed by atoms with van der Waals surface area (Å²) in [6.45, 7) is 3.81. The third kappa shape index (κ3) is 5.54. The molecule has 186 valence electrons. The summed E-state index contributed by atoms with van der Waals surface area (Å²) in [7, 11) is 0. The van der Waals surface area contributed by atoms with Gasteiger partial charge in [-0.1, -0.05) is 41.6 Å². The fourth-order valence-corrected chi connectivity index (χ4v) is 4.73. The van der Waals surface area contributed by atoms with E-state index in [1.165, 1.54) is 12.1 Å². The van der Waals surface area contributed by atoms with Crippen molar-refractivity contribution in [1.29, 1.82) is 0 Å². The van der Waals surface area contributed by atoms with Gasteiger partial charge in [0, 0.05) is 12.1 Å². The summed E-state index contributed by atoms with van der Waals surface area (Å²) < 4.78 is 13.5. The van der Waals surface area contributed by atoms with Gasteiger partial charge in [-0.15, -0.1) is 0 Å². The number of rotatable bonds is 6. The molecular formula is C24H22FN5O5S. The van der Waals surface area contributed by atoms with Gasteiger partial charge in [0.05, 0.1) is 0 Å². The van der Waals surface area contributed by atoms with Crippen LogP contribution in [0, 0.1) is 19.7 Å². The quantitative estimate of drug-likeness (QED) is 0.342. The van der Waals surface area contributed by atoms with E-state index in [9.17, 15) is 28.7 Å². The molecule has 1 fully saturated rings. The second kappa shape index (κ2) is 10.2. The molecular weight excluding hydrogens is 489 g/mol. The van der Waals surface area contributed by atoms with Crippen molar-refractivity contribution in [3.8, 4) is 5.88 Å². The molecule has 0 spiro atoms. The van der Waals surface area contributed by atoms with Gasteiger partial charge >= 0.3 is 5.69 Å². The van der Waals surface area contributed by atoms with Gasteiger partial charge < -0.3 is 15.7 Å². The van der Waals surface area contributed by atoms with Crippen LogP contribution in [-0.4, -0.2) is 37.3 Å². The minimum Gasteiger partial charge on any atom is -0.494 e. The van der Waals surface area contributed by atoms with E-state index >= 15 is 0 Å². The lowest BCUT2D eigenvalue weighted by molar-refractivity contribution is -0.122. The van der Waals surface area contributed by atoms with E-state index in [2.05, 4.69) is 20.6 Å². The molecule has 2 heterocycles. The molecule has 1 aromatic heterocycles. The van der Waals surface area contributed by atoms with Crippen LogP contribution in [0.25, 0.3) is 0 Å². The van der Waals surface area contributed by atoms with E-state index in [0.29, 0.717) is 11.3 Å². The second-order valence-corrected chi connectivity index (χ2v) is 9.42. The number of amidine groups is 1. The minimum atomic E-state index is -1.18. The standard InChI is InChI=1S/C24H22FN5O5S/c1-11-3-8-15(12(2)9-11)26-17(31)10-16-20(32)30-24(36-16)27-19(13-4-6-14(25)7-5-13)18-21(33)28-23(35)29-22(18)34/h3-9,16,19H,10H2,1-2H3,(H,26,31)(H,27,30,32)(H3,28,29,33,34,35)/t16-,19+/m0/s1. The number of anilines is 1. The predicted molar refractivity (Wildman–Crippen MR) is 134 cm³/mol. The molecule has 2 amide bonds. The Morgan fingerprint density at radius 1 is 1.14 bits per heavy atom. The van der Waals surface area contributed by atoms with Crippen molar-refractivity contribution in [1.82, 2.24) is 15.3 Å². The van der Waals surface area contributed by atoms with Crippen LogP contribution in [-0.2, 0) is 9.59 Å². The molecule has 0 aliphatic carbocycles. The van der Waals surface area contributed by atoms with Crippen molar-refractivity contribution in [2.75, 3.05) is 5.32 Å². The fraction of sp³-hybridized carbons (Fsp3) is 0.208. The predicted octanol–water partition coefficient (Wildman–Crippen LogP) is 2.23. The number of H-pyrrole nitrogens is 2. The van der Waals surface area contributed by atoms with Crippen LogP contribution in [0.15, 0.2) is 57.0 Å². The number of aryl methyl sites for hydroxylation is 2. The highest BCUT2D eigenvalue weighted by molar-refractivity contribution is 8.15. The highest BCUT2D eigenvalue weighted by Crippen LogP contribution is 2.32. The molecule has 5 N–H and O–H groups in total. The zero-order valence-corrected chi connectivity index (χ0v) is 20.0. The van der Waals surface area contributed by atoms with Gasteiger partial charge in [0.2, 0.25) is 17.7 Å². The summed E-state index contributed by atoms with van der Waals surface area (Å²) in [5, 5.41) is 15.0. The van der Waals surface area contributed by atoms with Gasteiger partial charge in [-0.25, -0.2) is 14.2 Å². The van der Waals surface area contributed by atoms with E-state index in [1.807, 2.05) is 31.0 Å². The van der Waals surface area contributed by atoms with Crippen molar-refractivity contribution in [3.05, 3.63) is 91.4 Å². The third-order valence-electron chi connectivity index (χ3n) is 5.47. The number of nitrogens with one attached hydrogen (secondary N) is 4. The van der Waals surface area contributed by atoms with E-state index in [4.69, 9.17) is 0 Å². The molecule has 2 aromatic carbocycles. The van der Waals surface area contributed by atoms with Gasteiger partial charge in [-0.05, 0) is 43.2 Å². The molecule has 0 unspecified atom stereocenters. The summed E-state index contributed by atoms with van der Waals surface area (Å²) >= 11 is 0.989. The van der Waals surface area contributed by atoms with Gasteiger partial charge in [0.25, 0.3) is 5.56 Å². The zero-order chi connectivity index (χ0) is 26.0. The number of nitrogens with zero attached hydrogens (tertiary/aromatic N) is 1. The maximum Gasteiger partial charge on any atom is 0.328 e. The lowest BCUT2D eigenvalue weighted by Crippen LogP contribution is -2.29. The highest BCUT2D eigenvalue weighted by Gasteiger charge is 2.34. The topological polar surface area (TPSA) is 157 Å². The first kappa shape index (κ1) is 24.9. The number of aliphatic imine (C=N–C) groups is 1. The monoisotopic (exact) mass is 511 g/mol. The molecule has 0 bridgehead atoms. The number of thioether (sulfide) groups is 1. The Bertz CT molecular complexity index is 1480. The largest absolute Gasteiger partial charge is 0.494 e. The molecule has 4 rings (SSSR count). The first-order chi connectivity index (χ1) is 17.1. The summed E-state index contributed by atoms with van der Waals surface area (Å²) in [6, 6.07) is 9.44. The number of hydrogen-bond acceptors (Lipinski definition) is 7. The van der Waals surface area contributed by atoms with E-state index in [1.54, 1.807) is 6.07 Å². The summed E-state index contributed by atoms with van der Waals surface area (Å²) in [5.74, 6) is -2.04. The summed E-state index contributed by atoms with van der Waals surface area (Å²) in [4.78, 5) is 57.7.